The highest BCUT2D eigenvalue weighted by atomic mass is 16.3. The molecule has 4 aromatic heterocycles. The highest BCUT2D eigenvalue weighted by molar-refractivity contribution is 6.14. The molecule has 0 spiro atoms. The molecule has 0 aliphatic carbocycles. The van der Waals surface area contributed by atoms with Crippen molar-refractivity contribution in [2.24, 2.45) is 0 Å². The van der Waals surface area contributed by atoms with Gasteiger partial charge >= 0.3 is 0 Å². The molecule has 0 radical (unpaired) electrons. The number of hydrogen-bond acceptors (Lipinski definition) is 5. The molecule has 14 aromatic rings. The monoisotopic (exact) mass is 882 g/mol. The van der Waals surface area contributed by atoms with Gasteiger partial charge in [0.15, 0.2) is 17.5 Å². The average molecular weight is 883 g/mol. The van der Waals surface area contributed by atoms with Gasteiger partial charge in [0.2, 0.25) is 0 Å². The molecule has 0 atom stereocenters. The molecule has 0 saturated carbocycles. The van der Waals surface area contributed by atoms with Crippen LogP contribution in [0, 0.1) is 0 Å². The minimum Gasteiger partial charge on any atom is -0.456 e. The second-order valence-corrected chi connectivity index (χ2v) is 17.5. The molecule has 322 valence electrons. The largest absolute Gasteiger partial charge is 0.456 e. The second kappa shape index (κ2) is 15.6. The number of fused-ring (bicyclic) bond motifs is 9. The van der Waals surface area contributed by atoms with Gasteiger partial charge in [0, 0.05) is 49.0 Å². The number of rotatable bonds is 7. The van der Waals surface area contributed by atoms with Gasteiger partial charge in [0.25, 0.3) is 0 Å². The molecular formula is C63H38N4O2. The third kappa shape index (κ3) is 6.45. The number of furan rings is 2. The highest BCUT2D eigenvalue weighted by Crippen LogP contribution is 2.44. The van der Waals surface area contributed by atoms with Gasteiger partial charge < -0.3 is 13.4 Å². The Balaban J connectivity index is 0.951. The summed E-state index contributed by atoms with van der Waals surface area (Å²) in [7, 11) is 0. The van der Waals surface area contributed by atoms with Crippen LogP contribution >= 0.6 is 0 Å². The van der Waals surface area contributed by atoms with Gasteiger partial charge in [-0.15, -0.1) is 0 Å². The summed E-state index contributed by atoms with van der Waals surface area (Å²) in [6.07, 6.45) is 0. The van der Waals surface area contributed by atoms with Crippen molar-refractivity contribution >= 4 is 65.7 Å². The van der Waals surface area contributed by atoms with Gasteiger partial charge in [0.1, 0.15) is 22.3 Å². The van der Waals surface area contributed by atoms with Gasteiger partial charge in [-0.1, -0.05) is 176 Å². The van der Waals surface area contributed by atoms with Crippen molar-refractivity contribution in [1.29, 1.82) is 0 Å². The van der Waals surface area contributed by atoms with Crippen LogP contribution in [0.2, 0.25) is 0 Å². The lowest BCUT2D eigenvalue weighted by Gasteiger charge is -2.15. The molecule has 0 saturated heterocycles. The van der Waals surface area contributed by atoms with Crippen LogP contribution in [-0.4, -0.2) is 19.5 Å². The van der Waals surface area contributed by atoms with Crippen LogP contribution in [0.25, 0.3) is 139 Å². The Morgan fingerprint density at radius 2 is 0.797 bits per heavy atom. The lowest BCUT2D eigenvalue weighted by atomic mass is 9.98. The van der Waals surface area contributed by atoms with E-state index in [0.717, 1.165) is 94.0 Å². The number of aromatic nitrogens is 4. The van der Waals surface area contributed by atoms with Crippen LogP contribution in [0.3, 0.4) is 0 Å². The maximum absolute atomic E-state index is 6.84. The van der Waals surface area contributed by atoms with Gasteiger partial charge in [-0.2, -0.15) is 0 Å². The fourth-order valence-corrected chi connectivity index (χ4v) is 10.1. The number of hydrogen-bond donors (Lipinski definition) is 0. The van der Waals surface area contributed by atoms with Crippen LogP contribution in [0.15, 0.2) is 239 Å². The maximum atomic E-state index is 6.84. The lowest BCUT2D eigenvalue weighted by molar-refractivity contribution is 0.669. The fraction of sp³-hybridized carbons (Fsp3) is 0. The third-order valence-electron chi connectivity index (χ3n) is 13.5. The van der Waals surface area contributed by atoms with Crippen molar-refractivity contribution in [2.45, 2.75) is 0 Å². The van der Waals surface area contributed by atoms with Gasteiger partial charge in [-0.05, 0) is 82.4 Å². The maximum Gasteiger partial charge on any atom is 0.167 e. The van der Waals surface area contributed by atoms with E-state index < -0.39 is 0 Å². The summed E-state index contributed by atoms with van der Waals surface area (Å²) in [4.78, 5) is 15.3. The molecule has 0 fully saturated rings. The summed E-state index contributed by atoms with van der Waals surface area (Å²) in [6.45, 7) is 0. The lowest BCUT2D eigenvalue weighted by Crippen LogP contribution is -2.00. The second-order valence-electron chi connectivity index (χ2n) is 17.5. The van der Waals surface area contributed by atoms with Crippen molar-refractivity contribution < 1.29 is 8.83 Å². The topological polar surface area (TPSA) is 69.9 Å². The molecule has 14 rings (SSSR count). The summed E-state index contributed by atoms with van der Waals surface area (Å²) in [6, 6.07) is 80.5. The fourth-order valence-electron chi connectivity index (χ4n) is 10.1. The molecule has 69 heavy (non-hydrogen) atoms. The Morgan fingerprint density at radius 3 is 1.57 bits per heavy atom. The first-order chi connectivity index (χ1) is 34.2. The summed E-state index contributed by atoms with van der Waals surface area (Å²) in [5.41, 5.74) is 15.8. The van der Waals surface area contributed by atoms with Crippen molar-refractivity contribution in [3.8, 4) is 73.2 Å². The zero-order valence-corrected chi connectivity index (χ0v) is 37.0. The van der Waals surface area contributed by atoms with E-state index in [-0.39, 0.29) is 0 Å². The molecule has 0 bridgehead atoms. The first-order valence-electron chi connectivity index (χ1n) is 23.2. The number of para-hydroxylation sites is 3. The summed E-state index contributed by atoms with van der Waals surface area (Å²) in [5, 5.41) is 6.49. The first-order valence-corrected chi connectivity index (χ1v) is 23.2. The van der Waals surface area contributed by atoms with Crippen LogP contribution in [0.1, 0.15) is 0 Å². The van der Waals surface area contributed by atoms with E-state index in [4.69, 9.17) is 23.8 Å². The molecular weight excluding hydrogens is 845 g/mol. The van der Waals surface area contributed by atoms with E-state index >= 15 is 0 Å². The molecule has 4 heterocycles. The van der Waals surface area contributed by atoms with Crippen LogP contribution < -0.4 is 0 Å². The van der Waals surface area contributed by atoms with Crippen molar-refractivity contribution in [3.63, 3.8) is 0 Å². The van der Waals surface area contributed by atoms with E-state index in [2.05, 4.69) is 180 Å². The minimum atomic E-state index is 0.537. The van der Waals surface area contributed by atoms with Gasteiger partial charge in [-0.25, -0.2) is 15.0 Å². The SMILES string of the molecule is c1ccc(-c2ccc(-c3nc(-c4ccccc4)nc(-c4cccc5c4oc4ccc(-c6cc7oc8ccccc8c7cc6-n6c7ccccc7c7cc(-c8ccccc8)ccc76)cc45)n3)cc2)cc1. The molecule has 6 heteroatoms. The quantitative estimate of drug-likeness (QED) is 0.159. The summed E-state index contributed by atoms with van der Waals surface area (Å²) < 4.78 is 15.9. The van der Waals surface area contributed by atoms with Crippen molar-refractivity contribution in [1.82, 2.24) is 19.5 Å². The Morgan fingerprint density at radius 1 is 0.275 bits per heavy atom. The molecule has 0 aliphatic heterocycles. The summed E-state index contributed by atoms with van der Waals surface area (Å²) >= 11 is 0. The predicted octanol–water partition coefficient (Wildman–Crippen LogP) is 16.8. The molecule has 0 unspecified atom stereocenters. The Hall–Kier alpha value is -9.39. The van der Waals surface area contributed by atoms with Gasteiger partial charge in [-0.3, -0.25) is 0 Å². The molecule has 0 N–H and O–H groups in total. The van der Waals surface area contributed by atoms with Crippen LogP contribution in [0.5, 0.6) is 0 Å². The molecule has 0 aliphatic rings. The predicted molar refractivity (Wildman–Crippen MR) is 281 cm³/mol. The normalized spacial score (nSPS) is 11.8. The first kappa shape index (κ1) is 38.8. The smallest absolute Gasteiger partial charge is 0.167 e. The zero-order valence-electron chi connectivity index (χ0n) is 37.0. The summed E-state index contributed by atoms with van der Waals surface area (Å²) in [5.74, 6) is 1.71. The van der Waals surface area contributed by atoms with Crippen LogP contribution in [0.4, 0.5) is 0 Å². The average Bonchev–Trinajstić information content (AvgIpc) is 4.10. The molecule has 10 aromatic carbocycles. The Bertz CT molecular complexity index is 4290. The minimum absolute atomic E-state index is 0.537. The van der Waals surface area contributed by atoms with Crippen molar-refractivity contribution in [3.05, 3.63) is 231 Å². The Labute approximate surface area is 396 Å². The van der Waals surface area contributed by atoms with E-state index in [1.807, 2.05) is 54.6 Å². The molecule has 6 nitrogen and oxygen atoms in total. The van der Waals surface area contributed by atoms with E-state index in [1.54, 1.807) is 0 Å². The highest BCUT2D eigenvalue weighted by Gasteiger charge is 2.22. The van der Waals surface area contributed by atoms with E-state index in [0.29, 0.717) is 23.1 Å². The zero-order chi connectivity index (χ0) is 45.4. The molecule has 0 amide bonds. The number of nitrogens with zero attached hydrogens (tertiary/aromatic N) is 4. The standard InChI is InChI=1S/C63H38N4O2/c1-4-15-39(16-5-1)41-27-29-43(30-28-41)62-64-61(42-19-8-3-9-20-42)65-63(66-62)49-24-14-23-48-52-36-45(32-34-58(52)69-60(48)49)50-38-59-53(47-22-11-13-26-57(47)68-59)37-56(50)67-54-25-12-10-21-46(54)51-35-44(31-33-55(51)67)40-17-6-2-7-18-40/h1-38H. The third-order valence-corrected chi connectivity index (χ3v) is 13.5. The van der Waals surface area contributed by atoms with E-state index in [1.165, 1.54) is 21.9 Å². The van der Waals surface area contributed by atoms with Crippen LogP contribution in [-0.2, 0) is 0 Å². The Kier molecular flexibility index (Phi) is 8.79. The van der Waals surface area contributed by atoms with Gasteiger partial charge in [0.05, 0.1) is 22.3 Å². The van der Waals surface area contributed by atoms with Crippen molar-refractivity contribution in [2.75, 3.05) is 0 Å². The number of benzene rings is 10. The van der Waals surface area contributed by atoms with E-state index in [9.17, 15) is 0 Å².